The molecule has 0 radical (unpaired) electrons. The fourth-order valence-corrected chi connectivity index (χ4v) is 1.41. The summed E-state index contributed by atoms with van der Waals surface area (Å²) in [5.74, 6) is 4.73. The number of esters is 1. The minimum atomic E-state index is -0.476. The number of carbonyl (C=O) groups excluding carboxylic acids is 1. The molecule has 0 saturated carbocycles. The van der Waals surface area contributed by atoms with Gasteiger partial charge < -0.3 is 4.74 Å². The van der Waals surface area contributed by atoms with Gasteiger partial charge in [0.15, 0.2) is 0 Å². The highest BCUT2D eigenvalue weighted by Crippen LogP contribution is 2.12. The zero-order chi connectivity index (χ0) is 12.7. The lowest BCUT2D eigenvalue weighted by Gasteiger charge is -2.04. The van der Waals surface area contributed by atoms with Crippen LogP contribution in [-0.2, 0) is 4.74 Å². The van der Waals surface area contributed by atoms with Gasteiger partial charge in [-0.2, -0.15) is 0 Å². The molecule has 0 heterocycles. The second-order valence-electron chi connectivity index (χ2n) is 3.15. The third-order valence-electron chi connectivity index (χ3n) is 1.92. The standard InChI is InChI=1S/C13H12BrFO2/c1-2-17-13(16)12-7-6-11(15)9-10(12)5-3-4-8-14/h6-7,9H,2,4,8H2,1H3. The van der Waals surface area contributed by atoms with E-state index in [0.29, 0.717) is 17.5 Å². The highest BCUT2D eigenvalue weighted by molar-refractivity contribution is 9.09. The van der Waals surface area contributed by atoms with Crippen LogP contribution in [0.25, 0.3) is 0 Å². The lowest BCUT2D eigenvalue weighted by molar-refractivity contribution is 0.0526. The average molecular weight is 299 g/mol. The SMILES string of the molecule is CCOC(=O)c1ccc(F)cc1C#CCCBr. The van der Waals surface area contributed by atoms with Crippen LogP contribution >= 0.6 is 15.9 Å². The highest BCUT2D eigenvalue weighted by Gasteiger charge is 2.11. The van der Waals surface area contributed by atoms with Crippen molar-refractivity contribution >= 4 is 21.9 Å². The van der Waals surface area contributed by atoms with Gasteiger partial charge in [0.2, 0.25) is 0 Å². The number of halogens is 2. The number of ether oxygens (including phenoxy) is 1. The molecule has 4 heteroatoms. The molecule has 17 heavy (non-hydrogen) atoms. The Bertz CT molecular complexity index is 460. The molecule has 2 nitrogen and oxygen atoms in total. The lowest BCUT2D eigenvalue weighted by atomic mass is 10.1. The molecule has 0 unspecified atom stereocenters. The minimum Gasteiger partial charge on any atom is -0.462 e. The number of alkyl halides is 1. The molecule has 0 aliphatic heterocycles. The summed E-state index contributed by atoms with van der Waals surface area (Å²) in [4.78, 5) is 11.6. The van der Waals surface area contributed by atoms with Gasteiger partial charge in [0, 0.05) is 17.3 Å². The van der Waals surface area contributed by atoms with Crippen molar-refractivity contribution in [1.29, 1.82) is 0 Å². The quantitative estimate of drug-likeness (QED) is 0.487. The van der Waals surface area contributed by atoms with Crippen molar-refractivity contribution in [2.45, 2.75) is 13.3 Å². The molecule has 0 aliphatic carbocycles. The molecule has 1 rings (SSSR count). The first-order valence-electron chi connectivity index (χ1n) is 5.20. The number of hydrogen-bond donors (Lipinski definition) is 0. The maximum atomic E-state index is 13.1. The zero-order valence-corrected chi connectivity index (χ0v) is 11.0. The Morgan fingerprint density at radius 1 is 1.53 bits per heavy atom. The van der Waals surface area contributed by atoms with Crippen LogP contribution in [0.5, 0.6) is 0 Å². The largest absolute Gasteiger partial charge is 0.462 e. The van der Waals surface area contributed by atoms with Gasteiger partial charge in [-0.05, 0) is 25.1 Å². The monoisotopic (exact) mass is 298 g/mol. The summed E-state index contributed by atoms with van der Waals surface area (Å²) in [7, 11) is 0. The van der Waals surface area contributed by atoms with E-state index in [4.69, 9.17) is 4.74 Å². The summed E-state index contributed by atoms with van der Waals surface area (Å²) in [6.45, 7) is 2.00. The predicted octanol–water partition coefficient (Wildman–Crippen LogP) is 3.14. The van der Waals surface area contributed by atoms with E-state index >= 15 is 0 Å². The second kappa shape index (κ2) is 7.08. The molecular weight excluding hydrogens is 287 g/mol. The first-order valence-corrected chi connectivity index (χ1v) is 6.32. The molecule has 1 aromatic carbocycles. The Kier molecular flexibility index (Phi) is 5.71. The van der Waals surface area contributed by atoms with Crippen molar-refractivity contribution in [3.05, 3.63) is 35.1 Å². The van der Waals surface area contributed by atoms with Crippen LogP contribution in [0.3, 0.4) is 0 Å². The molecule has 90 valence electrons. The normalized spacial score (nSPS) is 9.35. The lowest BCUT2D eigenvalue weighted by Crippen LogP contribution is -2.07. The summed E-state index contributed by atoms with van der Waals surface area (Å²) in [6.07, 6.45) is 0.638. The Balaban J connectivity index is 3.04. The number of carbonyl (C=O) groups is 1. The third kappa shape index (κ3) is 4.20. The topological polar surface area (TPSA) is 26.3 Å². The molecular formula is C13H12BrFO2. The van der Waals surface area contributed by atoms with Crippen LogP contribution < -0.4 is 0 Å². The van der Waals surface area contributed by atoms with Crippen LogP contribution in [0.4, 0.5) is 4.39 Å². The number of benzene rings is 1. The summed E-state index contributed by atoms with van der Waals surface area (Å²) in [5, 5.41) is 0.740. The van der Waals surface area contributed by atoms with Gasteiger partial charge in [-0.3, -0.25) is 0 Å². The summed E-state index contributed by atoms with van der Waals surface area (Å²) in [6, 6.07) is 3.86. The molecule has 0 aliphatic rings. The van der Waals surface area contributed by atoms with Gasteiger partial charge in [0.05, 0.1) is 12.2 Å². The van der Waals surface area contributed by atoms with Crippen molar-refractivity contribution in [2.75, 3.05) is 11.9 Å². The molecule has 0 saturated heterocycles. The van der Waals surface area contributed by atoms with Crippen LogP contribution in [0.1, 0.15) is 29.3 Å². The van der Waals surface area contributed by atoms with Crippen LogP contribution in [0.15, 0.2) is 18.2 Å². The molecule has 0 amide bonds. The molecule has 0 fully saturated rings. The summed E-state index contributed by atoms with van der Waals surface area (Å²) < 4.78 is 18.0. The molecule has 1 aromatic rings. The molecule has 0 aromatic heterocycles. The van der Waals surface area contributed by atoms with Crippen LogP contribution in [0, 0.1) is 17.7 Å². The Hall–Kier alpha value is -1.34. The van der Waals surface area contributed by atoms with E-state index in [0.717, 1.165) is 5.33 Å². The molecule has 0 spiro atoms. The molecule has 0 bridgehead atoms. The smallest absolute Gasteiger partial charge is 0.339 e. The first-order chi connectivity index (χ1) is 8.19. The van der Waals surface area contributed by atoms with Crippen LogP contribution in [0.2, 0.25) is 0 Å². The van der Waals surface area contributed by atoms with E-state index in [9.17, 15) is 9.18 Å². The predicted molar refractivity (Wildman–Crippen MR) is 67.6 cm³/mol. The van der Waals surface area contributed by atoms with Gasteiger partial charge in [-0.25, -0.2) is 9.18 Å². The Morgan fingerprint density at radius 3 is 2.94 bits per heavy atom. The van der Waals surface area contributed by atoms with E-state index in [-0.39, 0.29) is 6.61 Å². The highest BCUT2D eigenvalue weighted by atomic mass is 79.9. The zero-order valence-electron chi connectivity index (χ0n) is 9.43. The fraction of sp³-hybridized carbons (Fsp3) is 0.308. The van der Waals surface area contributed by atoms with Crippen molar-refractivity contribution in [3.8, 4) is 11.8 Å². The Labute approximate surface area is 108 Å². The van der Waals surface area contributed by atoms with Crippen molar-refractivity contribution in [1.82, 2.24) is 0 Å². The summed E-state index contributed by atoms with van der Waals surface area (Å²) >= 11 is 3.24. The van der Waals surface area contributed by atoms with Gasteiger partial charge in [0.25, 0.3) is 0 Å². The van der Waals surface area contributed by atoms with Crippen molar-refractivity contribution < 1.29 is 13.9 Å². The minimum absolute atomic E-state index is 0.282. The van der Waals surface area contributed by atoms with Crippen molar-refractivity contribution in [3.63, 3.8) is 0 Å². The van der Waals surface area contributed by atoms with E-state index in [1.165, 1.54) is 18.2 Å². The van der Waals surface area contributed by atoms with Gasteiger partial charge >= 0.3 is 5.97 Å². The third-order valence-corrected chi connectivity index (χ3v) is 2.32. The first kappa shape index (κ1) is 13.7. The fourth-order valence-electron chi connectivity index (χ4n) is 1.21. The second-order valence-corrected chi connectivity index (χ2v) is 3.94. The van der Waals surface area contributed by atoms with Gasteiger partial charge in [0.1, 0.15) is 5.82 Å². The van der Waals surface area contributed by atoms with E-state index in [1.54, 1.807) is 6.92 Å². The maximum Gasteiger partial charge on any atom is 0.339 e. The average Bonchev–Trinajstić information content (AvgIpc) is 2.30. The van der Waals surface area contributed by atoms with Crippen molar-refractivity contribution in [2.24, 2.45) is 0 Å². The van der Waals surface area contributed by atoms with Crippen LogP contribution in [-0.4, -0.2) is 17.9 Å². The van der Waals surface area contributed by atoms with E-state index < -0.39 is 11.8 Å². The van der Waals surface area contributed by atoms with Gasteiger partial charge in [-0.15, -0.1) is 0 Å². The summed E-state index contributed by atoms with van der Waals surface area (Å²) in [5.41, 5.74) is 0.666. The number of rotatable bonds is 3. The Morgan fingerprint density at radius 2 is 2.29 bits per heavy atom. The molecule has 0 N–H and O–H groups in total. The molecule has 0 atom stereocenters. The van der Waals surface area contributed by atoms with E-state index in [2.05, 4.69) is 27.8 Å². The number of hydrogen-bond acceptors (Lipinski definition) is 2. The maximum absolute atomic E-state index is 13.1. The van der Waals surface area contributed by atoms with E-state index in [1.807, 2.05) is 0 Å². The van der Waals surface area contributed by atoms with Gasteiger partial charge in [-0.1, -0.05) is 27.8 Å².